The normalized spacial score (nSPS) is 11.4. The van der Waals surface area contributed by atoms with Crippen LogP contribution in [0.1, 0.15) is 5.56 Å². The third-order valence-corrected chi connectivity index (χ3v) is 5.21. The van der Waals surface area contributed by atoms with E-state index in [2.05, 4.69) is 0 Å². The molecule has 0 fully saturated rings. The fourth-order valence-electron chi connectivity index (χ4n) is 2.19. The Kier molecular flexibility index (Phi) is 5.67. The Morgan fingerprint density at radius 3 is 2.23 bits per heavy atom. The first kappa shape index (κ1) is 16.6. The van der Waals surface area contributed by atoms with Crippen LogP contribution in [0, 0.1) is 0 Å². The van der Waals surface area contributed by atoms with Gasteiger partial charge in [0.05, 0.1) is 0 Å². The molecule has 0 amide bonds. The number of hydrogen-bond acceptors (Lipinski definition) is 4. The van der Waals surface area contributed by atoms with Crippen molar-refractivity contribution in [3.8, 4) is 11.1 Å². The van der Waals surface area contributed by atoms with Crippen molar-refractivity contribution < 1.29 is 18.4 Å². The summed E-state index contributed by atoms with van der Waals surface area (Å²) in [5.41, 5.74) is 3.02. The summed E-state index contributed by atoms with van der Waals surface area (Å²) < 4.78 is 21.6. The highest BCUT2D eigenvalue weighted by molar-refractivity contribution is 7.54. The molecule has 0 heterocycles. The van der Waals surface area contributed by atoms with E-state index in [9.17, 15) is 9.36 Å². The number of Topliss-reactive ketones (excluding diaryl/α,β-unsaturated/α-hetero) is 1. The third-order valence-electron chi connectivity index (χ3n) is 3.36. The van der Waals surface area contributed by atoms with E-state index < -0.39 is 7.60 Å². The monoisotopic (exact) mass is 318 g/mol. The predicted molar refractivity (Wildman–Crippen MR) is 87.1 cm³/mol. The van der Waals surface area contributed by atoms with Crippen molar-refractivity contribution in [3.05, 3.63) is 60.2 Å². The van der Waals surface area contributed by atoms with Gasteiger partial charge in [0.1, 0.15) is 11.9 Å². The van der Waals surface area contributed by atoms with Crippen LogP contribution in [0.25, 0.3) is 11.1 Å². The first-order valence-corrected chi connectivity index (χ1v) is 8.66. The zero-order valence-corrected chi connectivity index (χ0v) is 13.6. The maximum Gasteiger partial charge on any atom is 0.337 e. The van der Waals surface area contributed by atoms with Gasteiger partial charge in [0, 0.05) is 20.6 Å². The number of hydrogen-bond donors (Lipinski definition) is 0. The molecule has 0 atom stereocenters. The average molecular weight is 318 g/mol. The van der Waals surface area contributed by atoms with Gasteiger partial charge in [-0.05, 0) is 16.7 Å². The molecule has 22 heavy (non-hydrogen) atoms. The highest BCUT2D eigenvalue weighted by atomic mass is 31.2. The zero-order chi connectivity index (χ0) is 16.0. The zero-order valence-electron chi connectivity index (χ0n) is 12.7. The molecule has 0 bridgehead atoms. The summed E-state index contributed by atoms with van der Waals surface area (Å²) in [7, 11) is -0.723. The van der Waals surface area contributed by atoms with Crippen molar-refractivity contribution in [3.63, 3.8) is 0 Å². The Morgan fingerprint density at radius 2 is 1.59 bits per heavy atom. The molecule has 5 heteroatoms. The van der Waals surface area contributed by atoms with E-state index in [1.807, 2.05) is 54.6 Å². The largest absolute Gasteiger partial charge is 0.337 e. The quantitative estimate of drug-likeness (QED) is 0.725. The second-order valence-corrected chi connectivity index (χ2v) is 7.18. The number of ketones is 1. The topological polar surface area (TPSA) is 52.6 Å². The van der Waals surface area contributed by atoms with Gasteiger partial charge in [-0.1, -0.05) is 54.6 Å². The molecular formula is C17H19O4P. The van der Waals surface area contributed by atoms with E-state index >= 15 is 0 Å². The second-order valence-electron chi connectivity index (χ2n) is 4.92. The van der Waals surface area contributed by atoms with Crippen LogP contribution < -0.4 is 0 Å². The molecule has 0 spiro atoms. The molecule has 0 aliphatic carbocycles. The molecule has 0 radical (unpaired) electrons. The molecule has 0 saturated heterocycles. The van der Waals surface area contributed by atoms with Crippen LogP contribution in [0.3, 0.4) is 0 Å². The minimum absolute atomic E-state index is 0.169. The van der Waals surface area contributed by atoms with Crippen molar-refractivity contribution in [2.24, 2.45) is 0 Å². The summed E-state index contributed by atoms with van der Waals surface area (Å²) >= 11 is 0. The number of carbonyl (C=O) groups excluding carboxylic acids is 1. The highest BCUT2D eigenvalue weighted by Gasteiger charge is 2.25. The Bertz CT molecular complexity index is 674. The predicted octanol–water partition coefficient (Wildman–Crippen LogP) is 3.95. The van der Waals surface area contributed by atoms with Crippen molar-refractivity contribution in [2.75, 3.05) is 20.4 Å². The molecule has 0 aliphatic heterocycles. The van der Waals surface area contributed by atoms with Crippen LogP contribution in [0.15, 0.2) is 54.6 Å². The molecule has 2 aromatic carbocycles. The van der Waals surface area contributed by atoms with E-state index in [0.29, 0.717) is 0 Å². The van der Waals surface area contributed by atoms with Crippen LogP contribution >= 0.6 is 7.60 Å². The van der Waals surface area contributed by atoms with Crippen LogP contribution in [-0.4, -0.2) is 26.2 Å². The summed E-state index contributed by atoms with van der Waals surface area (Å²) in [6, 6.07) is 17.7. The van der Waals surface area contributed by atoms with Gasteiger partial charge in [-0.25, -0.2) is 0 Å². The van der Waals surface area contributed by atoms with Gasteiger partial charge in [-0.3, -0.25) is 9.36 Å². The Morgan fingerprint density at radius 1 is 0.955 bits per heavy atom. The first-order chi connectivity index (χ1) is 10.6. The van der Waals surface area contributed by atoms with Crippen LogP contribution in [0.5, 0.6) is 0 Å². The molecule has 0 N–H and O–H groups in total. The van der Waals surface area contributed by atoms with Crippen LogP contribution in [-0.2, 0) is 24.8 Å². The summed E-state index contributed by atoms with van der Waals surface area (Å²) in [5, 5.41) is 0. The summed E-state index contributed by atoms with van der Waals surface area (Å²) in [6.07, 6.45) is -0.00700. The van der Waals surface area contributed by atoms with Gasteiger partial charge in [-0.2, -0.15) is 0 Å². The smallest absolute Gasteiger partial charge is 0.312 e. The van der Waals surface area contributed by atoms with E-state index in [0.717, 1.165) is 16.7 Å². The number of benzene rings is 2. The van der Waals surface area contributed by atoms with E-state index in [1.54, 1.807) is 0 Å². The van der Waals surface area contributed by atoms with E-state index in [1.165, 1.54) is 14.2 Å². The number of carbonyl (C=O) groups is 1. The Labute approximate surface area is 130 Å². The van der Waals surface area contributed by atoms with Crippen LogP contribution in [0.4, 0.5) is 0 Å². The molecule has 2 aromatic rings. The van der Waals surface area contributed by atoms with Crippen molar-refractivity contribution in [1.29, 1.82) is 0 Å². The third kappa shape index (κ3) is 4.38. The van der Waals surface area contributed by atoms with Gasteiger partial charge in [-0.15, -0.1) is 0 Å². The lowest BCUT2D eigenvalue weighted by Gasteiger charge is -2.12. The maximum absolute atomic E-state index is 12.1. The fraction of sp³-hybridized carbons (Fsp3) is 0.235. The lowest BCUT2D eigenvalue weighted by atomic mass is 10.0. The molecule has 4 nitrogen and oxygen atoms in total. The molecule has 0 unspecified atom stereocenters. The van der Waals surface area contributed by atoms with Gasteiger partial charge in [0.25, 0.3) is 0 Å². The van der Waals surface area contributed by atoms with Gasteiger partial charge in [0.2, 0.25) is 0 Å². The highest BCUT2D eigenvalue weighted by Crippen LogP contribution is 2.46. The molecule has 0 aromatic heterocycles. The fourth-order valence-corrected chi connectivity index (χ4v) is 3.15. The lowest BCUT2D eigenvalue weighted by Crippen LogP contribution is -2.10. The van der Waals surface area contributed by atoms with Crippen LogP contribution in [0.2, 0.25) is 0 Å². The van der Waals surface area contributed by atoms with Crippen molar-refractivity contribution in [1.82, 2.24) is 0 Å². The minimum atomic E-state index is -3.29. The standard InChI is InChI=1S/C17H19O4P/c1-20-22(19,21-2)13-17(18)12-14-7-6-10-16(11-14)15-8-4-3-5-9-15/h3-11H,12-13H2,1-2H3. The van der Waals surface area contributed by atoms with E-state index in [-0.39, 0.29) is 18.4 Å². The summed E-state index contributed by atoms with van der Waals surface area (Å²) in [5.74, 6) is -0.169. The Hall–Kier alpha value is -1.74. The minimum Gasteiger partial charge on any atom is -0.312 e. The molecule has 0 aliphatic rings. The van der Waals surface area contributed by atoms with Gasteiger partial charge in [0.15, 0.2) is 0 Å². The lowest BCUT2D eigenvalue weighted by molar-refractivity contribution is -0.116. The van der Waals surface area contributed by atoms with Gasteiger partial charge < -0.3 is 9.05 Å². The van der Waals surface area contributed by atoms with Gasteiger partial charge >= 0.3 is 7.60 Å². The number of rotatable bonds is 7. The SMILES string of the molecule is COP(=O)(CC(=O)Cc1cccc(-c2ccccc2)c1)OC. The Balaban J connectivity index is 2.11. The molecule has 2 rings (SSSR count). The molecule has 0 saturated carbocycles. The summed E-state index contributed by atoms with van der Waals surface area (Å²) in [4.78, 5) is 12.1. The first-order valence-electron chi connectivity index (χ1n) is 6.93. The summed E-state index contributed by atoms with van der Waals surface area (Å²) in [6.45, 7) is 0. The second kappa shape index (κ2) is 7.50. The van der Waals surface area contributed by atoms with E-state index in [4.69, 9.17) is 9.05 Å². The molecular weight excluding hydrogens is 299 g/mol. The van der Waals surface area contributed by atoms with Crippen molar-refractivity contribution in [2.45, 2.75) is 6.42 Å². The van der Waals surface area contributed by atoms with Crippen molar-refractivity contribution >= 4 is 13.4 Å². The molecule has 116 valence electrons. The average Bonchev–Trinajstić information content (AvgIpc) is 2.55. The maximum atomic E-state index is 12.1.